The van der Waals surface area contributed by atoms with E-state index < -0.39 is 0 Å². The zero-order valence-corrected chi connectivity index (χ0v) is 12.7. The standard InChI is InChI=1S/C18H18FN3O/c19-14-7-5-13(6-8-14)11-22-17-4-2-1-3-16(17)20-18(22)21-10-9-15(23)12-21/h1-8,15,23H,9-12H2. The third kappa shape index (κ3) is 2.68. The summed E-state index contributed by atoms with van der Waals surface area (Å²) in [7, 11) is 0. The van der Waals surface area contributed by atoms with Crippen LogP contribution in [0.5, 0.6) is 0 Å². The zero-order valence-electron chi connectivity index (χ0n) is 12.7. The highest BCUT2D eigenvalue weighted by Gasteiger charge is 2.25. The maximum atomic E-state index is 13.1. The number of fused-ring (bicyclic) bond motifs is 1. The minimum Gasteiger partial charge on any atom is -0.391 e. The lowest BCUT2D eigenvalue weighted by molar-refractivity contribution is 0.198. The number of hydrogen-bond donors (Lipinski definition) is 1. The van der Waals surface area contributed by atoms with Crippen LogP contribution >= 0.6 is 0 Å². The normalized spacial score (nSPS) is 18.0. The van der Waals surface area contributed by atoms with E-state index in [0.29, 0.717) is 13.1 Å². The Morgan fingerprint density at radius 1 is 1.13 bits per heavy atom. The van der Waals surface area contributed by atoms with Gasteiger partial charge in [-0.3, -0.25) is 0 Å². The quantitative estimate of drug-likeness (QED) is 0.809. The SMILES string of the molecule is OC1CCN(c2nc3ccccc3n2Cc2ccc(F)cc2)C1. The summed E-state index contributed by atoms with van der Waals surface area (Å²) in [6.45, 7) is 2.03. The summed E-state index contributed by atoms with van der Waals surface area (Å²) in [5.41, 5.74) is 3.01. The molecule has 0 spiro atoms. The predicted octanol–water partition coefficient (Wildman–Crippen LogP) is 2.79. The van der Waals surface area contributed by atoms with Gasteiger partial charge in [-0.2, -0.15) is 0 Å². The fraction of sp³-hybridized carbons (Fsp3) is 0.278. The second-order valence-electron chi connectivity index (χ2n) is 6.00. The van der Waals surface area contributed by atoms with Crippen LogP contribution in [0.2, 0.25) is 0 Å². The Morgan fingerprint density at radius 2 is 1.91 bits per heavy atom. The van der Waals surface area contributed by atoms with Gasteiger partial charge in [0.25, 0.3) is 0 Å². The third-order valence-electron chi connectivity index (χ3n) is 4.33. The van der Waals surface area contributed by atoms with Gasteiger partial charge in [-0.1, -0.05) is 24.3 Å². The topological polar surface area (TPSA) is 41.3 Å². The number of nitrogens with zero attached hydrogens (tertiary/aromatic N) is 3. The van der Waals surface area contributed by atoms with Crippen molar-refractivity contribution in [3.63, 3.8) is 0 Å². The van der Waals surface area contributed by atoms with Gasteiger partial charge < -0.3 is 14.6 Å². The molecule has 23 heavy (non-hydrogen) atoms. The number of aliphatic hydroxyl groups excluding tert-OH is 1. The number of imidazole rings is 1. The first-order valence-corrected chi connectivity index (χ1v) is 7.83. The molecule has 0 saturated carbocycles. The van der Waals surface area contributed by atoms with Gasteiger partial charge in [0.05, 0.1) is 23.7 Å². The molecule has 1 aromatic heterocycles. The van der Waals surface area contributed by atoms with Crippen molar-refractivity contribution in [2.75, 3.05) is 18.0 Å². The average Bonchev–Trinajstić information content (AvgIpc) is 3.14. The minimum absolute atomic E-state index is 0.230. The minimum atomic E-state index is -0.297. The molecule has 2 heterocycles. The Balaban J connectivity index is 1.77. The predicted molar refractivity (Wildman–Crippen MR) is 88.1 cm³/mol. The van der Waals surface area contributed by atoms with Gasteiger partial charge in [-0.05, 0) is 36.2 Å². The van der Waals surface area contributed by atoms with Gasteiger partial charge in [0.1, 0.15) is 5.82 Å². The Labute approximate surface area is 133 Å². The Morgan fingerprint density at radius 3 is 2.65 bits per heavy atom. The number of rotatable bonds is 3. The molecule has 1 unspecified atom stereocenters. The molecule has 0 aliphatic carbocycles. The van der Waals surface area contributed by atoms with Gasteiger partial charge in [0, 0.05) is 13.1 Å². The molecule has 1 atom stereocenters. The molecule has 1 saturated heterocycles. The molecular formula is C18H18FN3O. The molecule has 118 valence electrons. The largest absolute Gasteiger partial charge is 0.391 e. The molecular weight excluding hydrogens is 293 g/mol. The average molecular weight is 311 g/mol. The van der Waals surface area contributed by atoms with Gasteiger partial charge in [0.15, 0.2) is 0 Å². The summed E-state index contributed by atoms with van der Waals surface area (Å²) in [6.07, 6.45) is 0.466. The maximum absolute atomic E-state index is 13.1. The number of para-hydroxylation sites is 2. The first kappa shape index (κ1) is 14.2. The van der Waals surface area contributed by atoms with E-state index in [2.05, 4.69) is 9.47 Å². The fourth-order valence-electron chi connectivity index (χ4n) is 3.16. The van der Waals surface area contributed by atoms with E-state index in [-0.39, 0.29) is 11.9 Å². The number of halogens is 1. The van der Waals surface area contributed by atoms with E-state index in [1.807, 2.05) is 24.3 Å². The summed E-state index contributed by atoms with van der Waals surface area (Å²) in [5, 5.41) is 9.83. The number of β-amino-alcohol motifs (C(OH)–C–C–N with tert-alkyl or cyclic N) is 1. The van der Waals surface area contributed by atoms with Gasteiger partial charge in [-0.15, -0.1) is 0 Å². The fourth-order valence-corrected chi connectivity index (χ4v) is 3.16. The summed E-state index contributed by atoms with van der Waals surface area (Å²) in [4.78, 5) is 6.87. The summed E-state index contributed by atoms with van der Waals surface area (Å²) in [5.74, 6) is 0.638. The van der Waals surface area contributed by atoms with E-state index >= 15 is 0 Å². The summed E-state index contributed by atoms with van der Waals surface area (Å²) >= 11 is 0. The first-order chi connectivity index (χ1) is 11.2. The second kappa shape index (κ2) is 5.66. The van der Waals surface area contributed by atoms with Crippen LogP contribution in [-0.4, -0.2) is 33.9 Å². The molecule has 0 radical (unpaired) electrons. The van der Waals surface area contributed by atoms with Crippen molar-refractivity contribution in [3.05, 3.63) is 59.9 Å². The molecule has 0 amide bonds. The number of anilines is 1. The number of benzene rings is 2. The number of hydrogen-bond acceptors (Lipinski definition) is 3. The Bertz CT molecular complexity index is 828. The van der Waals surface area contributed by atoms with E-state index in [0.717, 1.165) is 35.5 Å². The van der Waals surface area contributed by atoms with Crippen molar-refractivity contribution in [1.29, 1.82) is 0 Å². The molecule has 5 heteroatoms. The molecule has 1 aliphatic heterocycles. The lowest BCUT2D eigenvalue weighted by atomic mass is 10.2. The smallest absolute Gasteiger partial charge is 0.206 e. The number of aromatic nitrogens is 2. The first-order valence-electron chi connectivity index (χ1n) is 7.83. The third-order valence-corrected chi connectivity index (χ3v) is 4.33. The van der Waals surface area contributed by atoms with Crippen molar-refractivity contribution in [1.82, 2.24) is 9.55 Å². The van der Waals surface area contributed by atoms with Crippen LogP contribution in [0.15, 0.2) is 48.5 Å². The van der Waals surface area contributed by atoms with Gasteiger partial charge >= 0.3 is 0 Å². The van der Waals surface area contributed by atoms with E-state index in [9.17, 15) is 9.50 Å². The van der Waals surface area contributed by atoms with Gasteiger partial charge in [-0.25, -0.2) is 9.37 Å². The molecule has 1 aliphatic rings. The number of aliphatic hydroxyl groups is 1. The van der Waals surface area contributed by atoms with Crippen LogP contribution in [0.3, 0.4) is 0 Å². The van der Waals surface area contributed by atoms with Crippen LogP contribution in [0.4, 0.5) is 10.3 Å². The van der Waals surface area contributed by atoms with E-state index in [1.165, 1.54) is 12.1 Å². The molecule has 2 aromatic carbocycles. The van der Waals surface area contributed by atoms with Crippen molar-refractivity contribution in [2.24, 2.45) is 0 Å². The summed E-state index contributed by atoms with van der Waals surface area (Å²) < 4.78 is 15.3. The molecule has 4 rings (SSSR count). The second-order valence-corrected chi connectivity index (χ2v) is 6.00. The van der Waals surface area contributed by atoms with Crippen LogP contribution < -0.4 is 4.90 Å². The van der Waals surface area contributed by atoms with Crippen molar-refractivity contribution < 1.29 is 9.50 Å². The van der Waals surface area contributed by atoms with Crippen molar-refractivity contribution >= 4 is 17.0 Å². The Hall–Kier alpha value is -2.40. The van der Waals surface area contributed by atoms with Crippen LogP contribution in [0.1, 0.15) is 12.0 Å². The molecule has 4 nitrogen and oxygen atoms in total. The van der Waals surface area contributed by atoms with Crippen molar-refractivity contribution in [3.8, 4) is 0 Å². The van der Waals surface area contributed by atoms with Crippen LogP contribution in [0, 0.1) is 5.82 Å². The highest BCUT2D eigenvalue weighted by atomic mass is 19.1. The monoisotopic (exact) mass is 311 g/mol. The highest BCUT2D eigenvalue weighted by Crippen LogP contribution is 2.26. The van der Waals surface area contributed by atoms with Crippen LogP contribution in [-0.2, 0) is 6.54 Å². The van der Waals surface area contributed by atoms with Crippen LogP contribution in [0.25, 0.3) is 11.0 Å². The lowest BCUT2D eigenvalue weighted by Crippen LogP contribution is -2.25. The molecule has 1 N–H and O–H groups in total. The van der Waals surface area contributed by atoms with E-state index in [4.69, 9.17) is 4.98 Å². The Kier molecular flexibility index (Phi) is 3.50. The summed E-state index contributed by atoms with van der Waals surface area (Å²) in [6, 6.07) is 14.6. The molecule has 3 aromatic rings. The highest BCUT2D eigenvalue weighted by molar-refractivity contribution is 5.79. The maximum Gasteiger partial charge on any atom is 0.206 e. The zero-order chi connectivity index (χ0) is 15.8. The lowest BCUT2D eigenvalue weighted by Gasteiger charge is -2.19. The molecule has 1 fully saturated rings. The molecule has 0 bridgehead atoms. The van der Waals surface area contributed by atoms with Gasteiger partial charge in [0.2, 0.25) is 5.95 Å². The van der Waals surface area contributed by atoms with Crippen molar-refractivity contribution in [2.45, 2.75) is 19.1 Å². The van der Waals surface area contributed by atoms with E-state index in [1.54, 1.807) is 12.1 Å².